The molecule has 4 nitrogen and oxygen atoms in total. The van der Waals surface area contributed by atoms with Crippen LogP contribution < -0.4 is 5.32 Å². The van der Waals surface area contributed by atoms with Crippen molar-refractivity contribution in [3.63, 3.8) is 0 Å². The van der Waals surface area contributed by atoms with Crippen LogP contribution >= 0.6 is 11.8 Å². The number of amides is 1. The van der Waals surface area contributed by atoms with Crippen molar-refractivity contribution in [3.05, 3.63) is 72.8 Å². The van der Waals surface area contributed by atoms with Gasteiger partial charge < -0.3 is 5.32 Å². The van der Waals surface area contributed by atoms with Crippen molar-refractivity contribution >= 4 is 23.4 Å². The molecule has 1 N–H and O–H groups in total. The Balaban J connectivity index is 1.45. The summed E-state index contributed by atoms with van der Waals surface area (Å²) in [5.41, 5.74) is 2.23. The fourth-order valence-electron chi connectivity index (χ4n) is 3.18. The molecule has 2 aromatic carbocycles. The van der Waals surface area contributed by atoms with Gasteiger partial charge in [0.15, 0.2) is 0 Å². The van der Waals surface area contributed by atoms with Crippen LogP contribution in [0.3, 0.4) is 0 Å². The van der Waals surface area contributed by atoms with Crippen LogP contribution in [-0.2, 0) is 11.3 Å². The van der Waals surface area contributed by atoms with Crippen molar-refractivity contribution in [3.8, 4) is 0 Å². The first-order chi connectivity index (χ1) is 13.2. The summed E-state index contributed by atoms with van der Waals surface area (Å²) < 4.78 is 0. The summed E-state index contributed by atoms with van der Waals surface area (Å²) in [6, 6.07) is 18.5. The lowest BCUT2D eigenvalue weighted by atomic mass is 10.2. The Kier molecular flexibility index (Phi) is 7.51. The maximum Gasteiger partial charge on any atom is 0.238 e. The average Bonchev–Trinajstić information content (AvgIpc) is 2.69. The molecule has 1 aliphatic rings. The molecule has 0 aromatic heterocycles. The van der Waals surface area contributed by atoms with E-state index < -0.39 is 0 Å². The Morgan fingerprint density at radius 3 is 2.41 bits per heavy atom. The normalized spacial score (nSPS) is 15.4. The molecule has 2 aromatic rings. The smallest absolute Gasteiger partial charge is 0.238 e. The molecule has 1 heterocycles. The molecule has 27 heavy (non-hydrogen) atoms. The largest absolute Gasteiger partial charge is 0.324 e. The number of nitrogens with one attached hydrogen (secondary N) is 1. The van der Waals surface area contributed by atoms with Crippen molar-refractivity contribution in [1.29, 1.82) is 0 Å². The molecule has 1 amide bonds. The standard InChI is InChI=1S/C22H27N3OS/c1-2-16-27-21-11-7-6-10-20(21)23-22(26)18-25-14-12-24(13-15-25)17-19-8-4-3-5-9-19/h2-11H,1,12-18H2,(H,23,26). The van der Waals surface area contributed by atoms with E-state index >= 15 is 0 Å². The van der Waals surface area contributed by atoms with Crippen molar-refractivity contribution in [2.24, 2.45) is 0 Å². The first-order valence-corrected chi connectivity index (χ1v) is 10.3. The molecule has 0 radical (unpaired) electrons. The third-order valence-electron chi connectivity index (χ3n) is 4.60. The third-order valence-corrected chi connectivity index (χ3v) is 5.67. The van der Waals surface area contributed by atoms with Gasteiger partial charge in [-0.3, -0.25) is 14.6 Å². The third kappa shape index (κ3) is 6.24. The Bertz CT molecular complexity index is 742. The maximum absolute atomic E-state index is 12.5. The topological polar surface area (TPSA) is 35.6 Å². The Labute approximate surface area is 166 Å². The molecule has 1 aliphatic heterocycles. The van der Waals surface area contributed by atoms with E-state index in [1.54, 1.807) is 11.8 Å². The van der Waals surface area contributed by atoms with E-state index in [9.17, 15) is 4.79 Å². The highest BCUT2D eigenvalue weighted by molar-refractivity contribution is 7.99. The predicted octanol–water partition coefficient (Wildman–Crippen LogP) is 3.72. The second-order valence-corrected chi connectivity index (χ2v) is 7.74. The van der Waals surface area contributed by atoms with Gasteiger partial charge >= 0.3 is 0 Å². The highest BCUT2D eigenvalue weighted by atomic mass is 32.2. The van der Waals surface area contributed by atoms with Gasteiger partial charge in [0.05, 0.1) is 12.2 Å². The summed E-state index contributed by atoms with van der Waals surface area (Å²) in [6.07, 6.45) is 1.87. The fourth-order valence-corrected chi connectivity index (χ4v) is 3.93. The van der Waals surface area contributed by atoms with Gasteiger partial charge in [-0.15, -0.1) is 18.3 Å². The monoisotopic (exact) mass is 381 g/mol. The molecule has 1 saturated heterocycles. The van der Waals surface area contributed by atoms with Crippen molar-refractivity contribution < 1.29 is 4.79 Å². The van der Waals surface area contributed by atoms with Gasteiger partial charge in [0.1, 0.15) is 0 Å². The summed E-state index contributed by atoms with van der Waals surface area (Å²) in [5, 5.41) is 3.07. The molecule has 0 spiro atoms. The number of benzene rings is 2. The molecule has 0 atom stereocenters. The van der Waals surface area contributed by atoms with E-state index in [0.717, 1.165) is 49.1 Å². The number of hydrogen-bond acceptors (Lipinski definition) is 4. The minimum absolute atomic E-state index is 0.0539. The zero-order valence-electron chi connectivity index (χ0n) is 15.6. The molecule has 0 saturated carbocycles. The first kappa shape index (κ1) is 19.7. The number of carbonyl (C=O) groups excluding carboxylic acids is 1. The fraction of sp³-hybridized carbons (Fsp3) is 0.318. The number of piperazine rings is 1. The molecule has 0 bridgehead atoms. The molecule has 0 aliphatic carbocycles. The number of hydrogen-bond donors (Lipinski definition) is 1. The maximum atomic E-state index is 12.5. The minimum Gasteiger partial charge on any atom is -0.324 e. The zero-order valence-corrected chi connectivity index (χ0v) is 16.5. The van der Waals surface area contributed by atoms with Crippen LogP contribution in [0.15, 0.2) is 72.1 Å². The highest BCUT2D eigenvalue weighted by Gasteiger charge is 2.19. The van der Waals surface area contributed by atoms with Gasteiger partial charge in [-0.1, -0.05) is 48.5 Å². The van der Waals surface area contributed by atoms with Crippen LogP contribution in [0.25, 0.3) is 0 Å². The van der Waals surface area contributed by atoms with Crippen molar-refractivity contribution in [1.82, 2.24) is 9.80 Å². The van der Waals surface area contributed by atoms with Crippen molar-refractivity contribution in [2.45, 2.75) is 11.4 Å². The lowest BCUT2D eigenvalue weighted by molar-refractivity contribution is -0.117. The second-order valence-electron chi connectivity index (χ2n) is 6.68. The number of rotatable bonds is 8. The van der Waals surface area contributed by atoms with Gasteiger partial charge in [0.25, 0.3) is 0 Å². The second kappa shape index (κ2) is 10.3. The van der Waals surface area contributed by atoms with E-state index in [0.29, 0.717) is 6.54 Å². The first-order valence-electron chi connectivity index (χ1n) is 9.36. The number of para-hydroxylation sites is 1. The average molecular weight is 382 g/mol. The molecule has 142 valence electrons. The molecule has 3 rings (SSSR count). The molecular weight excluding hydrogens is 354 g/mol. The van der Waals surface area contributed by atoms with Gasteiger partial charge in [-0.2, -0.15) is 0 Å². The summed E-state index contributed by atoms with van der Waals surface area (Å²) in [5.74, 6) is 0.883. The van der Waals surface area contributed by atoms with Crippen LogP contribution in [0, 0.1) is 0 Å². The lowest BCUT2D eigenvalue weighted by Crippen LogP contribution is -2.48. The molecular formula is C22H27N3OS. The van der Waals surface area contributed by atoms with Gasteiger partial charge in [0.2, 0.25) is 5.91 Å². The summed E-state index contributed by atoms with van der Waals surface area (Å²) in [6.45, 7) is 9.02. The predicted molar refractivity (Wildman–Crippen MR) is 114 cm³/mol. The SMILES string of the molecule is C=CCSc1ccccc1NC(=O)CN1CCN(Cc2ccccc2)CC1. The quantitative estimate of drug-likeness (QED) is 0.558. The molecule has 5 heteroatoms. The van der Waals surface area contributed by atoms with Gasteiger partial charge in [0, 0.05) is 43.4 Å². The van der Waals surface area contributed by atoms with E-state index in [-0.39, 0.29) is 5.91 Å². The van der Waals surface area contributed by atoms with E-state index in [1.165, 1.54) is 5.56 Å². The van der Waals surface area contributed by atoms with Crippen LogP contribution in [0.1, 0.15) is 5.56 Å². The lowest BCUT2D eigenvalue weighted by Gasteiger charge is -2.34. The van der Waals surface area contributed by atoms with Crippen LogP contribution in [0.5, 0.6) is 0 Å². The summed E-state index contributed by atoms with van der Waals surface area (Å²) in [7, 11) is 0. The number of nitrogens with zero attached hydrogens (tertiary/aromatic N) is 2. The Hall–Kier alpha value is -2.08. The number of thioether (sulfide) groups is 1. The van der Waals surface area contributed by atoms with Crippen LogP contribution in [-0.4, -0.2) is 54.2 Å². The number of carbonyl (C=O) groups is 1. The molecule has 1 fully saturated rings. The van der Waals surface area contributed by atoms with Gasteiger partial charge in [-0.25, -0.2) is 0 Å². The Morgan fingerprint density at radius 2 is 1.67 bits per heavy atom. The van der Waals surface area contributed by atoms with Crippen LogP contribution in [0.4, 0.5) is 5.69 Å². The van der Waals surface area contributed by atoms with Crippen molar-refractivity contribution in [2.75, 3.05) is 43.8 Å². The highest BCUT2D eigenvalue weighted by Crippen LogP contribution is 2.26. The summed E-state index contributed by atoms with van der Waals surface area (Å²) >= 11 is 1.68. The van der Waals surface area contributed by atoms with Gasteiger partial charge in [-0.05, 0) is 17.7 Å². The zero-order chi connectivity index (χ0) is 18.9. The minimum atomic E-state index is 0.0539. The molecule has 0 unspecified atom stereocenters. The van der Waals surface area contributed by atoms with E-state index in [2.05, 4.69) is 46.0 Å². The van der Waals surface area contributed by atoms with E-state index in [4.69, 9.17) is 0 Å². The Morgan fingerprint density at radius 1 is 1.00 bits per heavy atom. The van der Waals surface area contributed by atoms with E-state index in [1.807, 2.05) is 36.4 Å². The number of anilines is 1. The summed E-state index contributed by atoms with van der Waals surface area (Å²) in [4.78, 5) is 18.2. The van der Waals surface area contributed by atoms with Crippen LogP contribution in [0.2, 0.25) is 0 Å².